The van der Waals surface area contributed by atoms with Gasteiger partial charge in [0.1, 0.15) is 5.76 Å². The Balaban J connectivity index is 0.893. The Morgan fingerprint density at radius 2 is 0.915 bits per heavy atom. The van der Waals surface area contributed by atoms with Crippen LogP contribution in [0.15, 0.2) is 190 Å². The summed E-state index contributed by atoms with van der Waals surface area (Å²) in [7, 11) is 4.02. The number of rotatable bonds is 4. The van der Waals surface area contributed by atoms with Crippen molar-refractivity contribution < 1.29 is 13.6 Å². The average Bonchev–Trinajstić information content (AvgIpc) is 4.05. The lowest BCUT2D eigenvalue weighted by molar-refractivity contribution is -0.675. The van der Waals surface area contributed by atoms with Crippen LogP contribution in [0.3, 0.4) is 0 Å². The molecular formula is C48H30B2N4OS4. The second-order valence-corrected chi connectivity index (χ2v) is 19.9. The molecule has 278 valence electrons. The molecule has 9 aromatic rings. The first-order valence-corrected chi connectivity index (χ1v) is 22.8. The molecule has 0 fully saturated rings. The third-order valence-corrected chi connectivity index (χ3v) is 16.6. The van der Waals surface area contributed by atoms with Gasteiger partial charge in [0.25, 0.3) is 0 Å². The molecule has 11 heteroatoms. The van der Waals surface area contributed by atoms with E-state index in [-0.39, 0.29) is 13.4 Å². The number of hydrogen-bond acceptors (Lipinski definition) is 5. The molecule has 13 rings (SSSR count). The summed E-state index contributed by atoms with van der Waals surface area (Å²) in [4.78, 5) is 10.6. The smallest absolute Gasteiger partial charge is 0.246 e. The molecule has 5 nitrogen and oxygen atoms in total. The maximum Gasteiger partial charge on any atom is 0.246 e. The molecule has 0 radical (unpaired) electrons. The van der Waals surface area contributed by atoms with Crippen LogP contribution in [0.25, 0.3) is 33.8 Å². The Bertz CT molecular complexity index is 3020. The third kappa shape index (κ3) is 5.41. The first kappa shape index (κ1) is 34.4. The van der Waals surface area contributed by atoms with Crippen LogP contribution in [0.4, 0.5) is 0 Å². The highest BCUT2D eigenvalue weighted by Gasteiger charge is 2.40. The molecule has 0 bridgehead atoms. The summed E-state index contributed by atoms with van der Waals surface area (Å²) < 4.78 is 14.6. The number of imidazole rings is 2. The molecule has 0 saturated carbocycles. The van der Waals surface area contributed by atoms with Gasteiger partial charge in [-0.3, -0.25) is 0 Å². The van der Waals surface area contributed by atoms with Crippen molar-refractivity contribution in [1.29, 1.82) is 0 Å². The van der Waals surface area contributed by atoms with E-state index in [9.17, 15) is 0 Å². The van der Waals surface area contributed by atoms with Crippen LogP contribution in [-0.2, 0) is 14.1 Å². The molecule has 0 aliphatic carbocycles. The highest BCUT2D eigenvalue weighted by molar-refractivity contribution is 8.02. The zero-order valence-electron chi connectivity index (χ0n) is 31.8. The van der Waals surface area contributed by atoms with E-state index in [4.69, 9.17) is 4.42 Å². The number of fused-ring (bicyclic) bond motifs is 8. The first-order chi connectivity index (χ1) is 29.0. The number of nitrogens with zero attached hydrogens (tertiary/aromatic N) is 4. The normalized spacial score (nSPS) is 13.9. The summed E-state index contributed by atoms with van der Waals surface area (Å²) in [6, 6.07) is 43.3. The van der Waals surface area contributed by atoms with Crippen LogP contribution in [0, 0.1) is 12.7 Å². The standard InChI is InChI=1S/C48H30B2N4OS4/c1-51-17-19-53(27-51)32-11-15-41-36(24-32)49-34-21-29(9-13-39(34)56-43-5-3-7-45(58-41)47(43)49)31-23-38(55-26-31)30-10-14-40-35(22-30)50-37-25-33(54-20-18-52(2)28-54)12-16-42(37)59-46-8-4-6-44(57-40)48(46)50/h3-26H,1-2H3. The van der Waals surface area contributed by atoms with E-state index in [1.807, 2.05) is 88.9 Å². The minimum absolute atomic E-state index is 0.119. The fraction of sp³-hybridized carbons (Fsp3) is 0.0417. The molecule has 6 aromatic carbocycles. The van der Waals surface area contributed by atoms with Crippen LogP contribution in [0.2, 0.25) is 0 Å². The van der Waals surface area contributed by atoms with Crippen molar-refractivity contribution in [2.45, 2.75) is 39.2 Å². The Kier molecular flexibility index (Phi) is 7.60. The zero-order valence-corrected chi connectivity index (χ0v) is 35.1. The monoisotopic (exact) mass is 828 g/mol. The van der Waals surface area contributed by atoms with Gasteiger partial charge in [0, 0.05) is 75.1 Å². The maximum atomic E-state index is 6.49. The average molecular weight is 829 g/mol. The van der Waals surface area contributed by atoms with E-state index in [0.717, 1.165) is 33.8 Å². The van der Waals surface area contributed by atoms with Crippen molar-refractivity contribution in [3.63, 3.8) is 0 Å². The van der Waals surface area contributed by atoms with Gasteiger partial charge >= 0.3 is 0 Å². The lowest BCUT2D eigenvalue weighted by Crippen LogP contribution is -2.58. The van der Waals surface area contributed by atoms with Crippen molar-refractivity contribution in [1.82, 2.24) is 9.13 Å². The van der Waals surface area contributed by atoms with E-state index in [0.29, 0.717) is 0 Å². The third-order valence-electron chi connectivity index (χ3n) is 11.9. The maximum absolute atomic E-state index is 6.49. The SMILES string of the molecule is C[n+]1[c-]n(-c2ccc3c(c2)B2c4cc(-c5coc(-c6ccc7c(c6)B6c8cc(-n9[c-][n+](C)cc9)ccc8Sc8cccc(c86)S7)c5)ccc4Sc4cccc(c42)S3)cc1. The molecule has 3 aromatic heterocycles. The number of aryl methyl sites for hydroxylation is 2. The molecule has 59 heavy (non-hydrogen) atoms. The summed E-state index contributed by atoms with van der Waals surface area (Å²) in [5, 5.41) is 0. The first-order valence-electron chi connectivity index (χ1n) is 19.5. The molecular weight excluding hydrogens is 798 g/mol. The van der Waals surface area contributed by atoms with Gasteiger partial charge in [-0.25, -0.2) is 0 Å². The summed E-state index contributed by atoms with van der Waals surface area (Å²) in [5.41, 5.74) is 13.7. The number of furan rings is 1. The van der Waals surface area contributed by atoms with Crippen molar-refractivity contribution in [3.05, 3.63) is 159 Å². The van der Waals surface area contributed by atoms with Gasteiger partial charge in [-0.2, -0.15) is 0 Å². The van der Waals surface area contributed by atoms with Crippen molar-refractivity contribution in [3.8, 4) is 33.8 Å². The predicted molar refractivity (Wildman–Crippen MR) is 240 cm³/mol. The van der Waals surface area contributed by atoms with Gasteiger partial charge in [0.15, 0.2) is 0 Å². The van der Waals surface area contributed by atoms with Gasteiger partial charge in [-0.1, -0.05) is 142 Å². The van der Waals surface area contributed by atoms with Gasteiger partial charge in [-0.05, 0) is 59.0 Å². The number of benzene rings is 6. The summed E-state index contributed by atoms with van der Waals surface area (Å²) in [5.74, 6) is 0.875. The summed E-state index contributed by atoms with van der Waals surface area (Å²) in [6.45, 7) is 0.249. The largest absolute Gasteiger partial charge is 0.464 e. The zero-order chi connectivity index (χ0) is 38.9. The quantitative estimate of drug-likeness (QED) is 0.118. The minimum atomic E-state index is 0.119. The number of hydrogen-bond donors (Lipinski definition) is 0. The summed E-state index contributed by atoms with van der Waals surface area (Å²) in [6.07, 6.45) is 16.9. The van der Waals surface area contributed by atoms with E-state index in [2.05, 4.69) is 149 Å². The molecule has 0 spiro atoms. The van der Waals surface area contributed by atoms with Crippen molar-refractivity contribution in [2.24, 2.45) is 14.1 Å². The Morgan fingerprint density at radius 1 is 0.475 bits per heavy atom. The Hall–Kier alpha value is -5.45. The number of aromatic nitrogens is 4. The highest BCUT2D eigenvalue weighted by atomic mass is 32.2. The molecule has 0 amide bonds. The second-order valence-electron chi connectivity index (χ2n) is 15.5. The topological polar surface area (TPSA) is 30.8 Å². The summed E-state index contributed by atoms with van der Waals surface area (Å²) >= 11 is 7.53. The van der Waals surface area contributed by atoms with Crippen LogP contribution in [0.5, 0.6) is 0 Å². The van der Waals surface area contributed by atoms with Gasteiger partial charge in [0.2, 0.25) is 26.1 Å². The van der Waals surface area contributed by atoms with E-state index in [1.54, 1.807) is 0 Å². The van der Waals surface area contributed by atoms with Gasteiger partial charge < -0.3 is 22.7 Å². The predicted octanol–water partition coefficient (Wildman–Crippen LogP) is 6.34. The van der Waals surface area contributed by atoms with Crippen molar-refractivity contribution >= 4 is 93.2 Å². The lowest BCUT2D eigenvalue weighted by atomic mass is 9.36. The molecule has 7 heterocycles. The minimum Gasteiger partial charge on any atom is -0.464 e. The molecule has 0 saturated heterocycles. The molecule has 0 atom stereocenters. The fourth-order valence-corrected chi connectivity index (χ4v) is 13.9. The van der Waals surface area contributed by atoms with Crippen LogP contribution in [-0.4, -0.2) is 22.6 Å². The van der Waals surface area contributed by atoms with Crippen LogP contribution in [0.1, 0.15) is 0 Å². The van der Waals surface area contributed by atoms with Gasteiger partial charge in [0.05, 0.1) is 31.7 Å². The van der Waals surface area contributed by atoms with E-state index >= 15 is 0 Å². The Labute approximate surface area is 359 Å². The Morgan fingerprint density at radius 3 is 1.39 bits per heavy atom. The van der Waals surface area contributed by atoms with E-state index in [1.165, 1.54) is 71.9 Å². The van der Waals surface area contributed by atoms with Crippen LogP contribution >= 0.6 is 47.0 Å². The lowest BCUT2D eigenvalue weighted by Gasteiger charge is -2.33. The molecule has 4 aliphatic heterocycles. The fourth-order valence-electron chi connectivity index (χ4n) is 9.21. The van der Waals surface area contributed by atoms with E-state index < -0.39 is 0 Å². The molecule has 4 aliphatic rings. The second kappa shape index (κ2) is 13.0. The van der Waals surface area contributed by atoms with Crippen LogP contribution < -0.4 is 41.9 Å². The van der Waals surface area contributed by atoms with Crippen molar-refractivity contribution in [2.75, 3.05) is 0 Å². The molecule has 0 unspecified atom stereocenters. The molecule has 0 N–H and O–H groups in total. The van der Waals surface area contributed by atoms with Gasteiger partial charge in [-0.15, -0.1) is 0 Å². The highest BCUT2D eigenvalue weighted by Crippen LogP contribution is 2.42.